The van der Waals surface area contributed by atoms with Crippen LogP contribution < -0.4 is 10.9 Å². The summed E-state index contributed by atoms with van der Waals surface area (Å²) in [4.78, 5) is 18.2. The van der Waals surface area contributed by atoms with Crippen LogP contribution in [0.2, 0.25) is 0 Å². The van der Waals surface area contributed by atoms with Crippen LogP contribution in [-0.2, 0) is 30.0 Å². The first-order chi connectivity index (χ1) is 16.6. The second-order valence-electron chi connectivity index (χ2n) is 8.17. The number of hydrogen-bond acceptors (Lipinski definition) is 7. The van der Waals surface area contributed by atoms with Crippen molar-refractivity contribution in [3.63, 3.8) is 0 Å². The third-order valence-corrected chi connectivity index (χ3v) is 6.83. The summed E-state index contributed by atoms with van der Waals surface area (Å²) in [5, 5.41) is 17.3. The minimum atomic E-state index is -3.91. The van der Waals surface area contributed by atoms with Crippen LogP contribution in [0.4, 0.5) is 0 Å². The van der Waals surface area contributed by atoms with E-state index in [1.165, 1.54) is 13.2 Å². The maximum atomic E-state index is 12.3. The molecular formula is C25H24N4O5S. The van der Waals surface area contributed by atoms with E-state index in [1.807, 2.05) is 6.07 Å². The van der Waals surface area contributed by atoms with E-state index in [2.05, 4.69) is 5.16 Å². The maximum Gasteiger partial charge on any atom is 0.310 e. The lowest BCUT2D eigenvalue weighted by atomic mass is 9.84. The van der Waals surface area contributed by atoms with Gasteiger partial charge in [-0.25, -0.2) is 13.6 Å². The summed E-state index contributed by atoms with van der Waals surface area (Å²) in [5.74, 6) is -0.537. The molecule has 0 radical (unpaired) electrons. The highest BCUT2D eigenvalue weighted by molar-refractivity contribution is 7.89. The Hall–Kier alpha value is -4.02. The second-order valence-corrected chi connectivity index (χ2v) is 9.70. The highest BCUT2D eigenvalue weighted by atomic mass is 32.2. The van der Waals surface area contributed by atoms with E-state index in [4.69, 9.17) is 25.9 Å². The Morgan fingerprint density at radius 2 is 1.80 bits per heavy atom. The van der Waals surface area contributed by atoms with Crippen LogP contribution in [0.15, 0.2) is 82.8 Å². The number of ether oxygens (including phenoxy) is 1. The Labute approximate surface area is 202 Å². The number of nitrogens with one attached hydrogen (secondary N) is 1. The number of carbonyl (C=O) groups is 1. The van der Waals surface area contributed by atoms with Crippen LogP contribution >= 0.6 is 0 Å². The van der Waals surface area contributed by atoms with E-state index in [1.54, 1.807) is 60.7 Å². The fraction of sp³-hybridized carbons (Fsp3) is 0.160. The molecule has 0 aliphatic carbocycles. The van der Waals surface area contributed by atoms with Gasteiger partial charge in [-0.15, -0.1) is 0 Å². The quantitative estimate of drug-likeness (QED) is 0.261. The number of primary sulfonamides is 1. The van der Waals surface area contributed by atoms with Crippen molar-refractivity contribution in [2.75, 3.05) is 7.11 Å². The molecule has 180 valence electrons. The smallest absolute Gasteiger partial charge is 0.310 e. The van der Waals surface area contributed by atoms with Gasteiger partial charge in [0.2, 0.25) is 10.0 Å². The van der Waals surface area contributed by atoms with Crippen molar-refractivity contribution >= 4 is 27.5 Å². The summed E-state index contributed by atoms with van der Waals surface area (Å²) in [7, 11) is -2.61. The van der Waals surface area contributed by atoms with E-state index < -0.39 is 21.6 Å². The number of hydrogen-bond donors (Lipinski definition) is 3. The van der Waals surface area contributed by atoms with Crippen molar-refractivity contribution in [3.05, 3.63) is 89.5 Å². The number of esters is 1. The number of rotatable bonds is 7. The molecule has 0 amide bonds. The lowest BCUT2D eigenvalue weighted by molar-refractivity contribution is -0.148. The van der Waals surface area contributed by atoms with Gasteiger partial charge in [0.1, 0.15) is 5.84 Å². The molecule has 3 aromatic rings. The average molecular weight is 493 g/mol. The number of nitrogen functional groups attached to an aromatic ring is 1. The minimum absolute atomic E-state index is 0.0186. The topological polar surface area (TPSA) is 158 Å². The number of amidine groups is 1. The maximum absolute atomic E-state index is 12.3. The zero-order valence-electron chi connectivity index (χ0n) is 18.9. The number of benzene rings is 3. The monoisotopic (exact) mass is 492 g/mol. The van der Waals surface area contributed by atoms with Gasteiger partial charge in [-0.2, -0.15) is 0 Å². The van der Waals surface area contributed by atoms with Crippen molar-refractivity contribution in [2.24, 2.45) is 16.0 Å². The molecule has 1 aliphatic rings. The first-order valence-electron chi connectivity index (χ1n) is 10.6. The largest absolute Gasteiger partial charge is 0.469 e. The molecule has 0 saturated carbocycles. The molecule has 1 atom stereocenters. The first-order valence-corrected chi connectivity index (χ1v) is 12.2. The third-order valence-electron chi connectivity index (χ3n) is 5.86. The number of carbonyl (C=O) groups excluding carboxylic acids is 1. The molecule has 0 spiro atoms. The molecule has 5 N–H and O–H groups in total. The van der Waals surface area contributed by atoms with Crippen molar-refractivity contribution in [2.45, 2.75) is 23.3 Å². The molecule has 35 heavy (non-hydrogen) atoms. The van der Waals surface area contributed by atoms with Gasteiger partial charge >= 0.3 is 5.97 Å². The van der Waals surface area contributed by atoms with Crippen LogP contribution in [-0.4, -0.2) is 33.0 Å². The van der Waals surface area contributed by atoms with E-state index in [9.17, 15) is 13.2 Å². The number of oxime groups is 1. The summed E-state index contributed by atoms with van der Waals surface area (Å²) in [6, 6.07) is 20.6. The van der Waals surface area contributed by atoms with E-state index in [-0.39, 0.29) is 23.6 Å². The molecule has 4 rings (SSSR count). The predicted molar refractivity (Wildman–Crippen MR) is 131 cm³/mol. The Morgan fingerprint density at radius 1 is 1.09 bits per heavy atom. The Bertz CT molecular complexity index is 1430. The molecule has 10 heteroatoms. The number of methoxy groups -OCH3 is 1. The fourth-order valence-corrected chi connectivity index (χ4v) is 4.82. The zero-order chi connectivity index (χ0) is 25.2. The van der Waals surface area contributed by atoms with E-state index in [0.29, 0.717) is 28.0 Å². The summed E-state index contributed by atoms with van der Waals surface area (Å²) >= 11 is 0. The van der Waals surface area contributed by atoms with Gasteiger partial charge in [0.05, 0.1) is 24.1 Å². The predicted octanol–water partition coefficient (Wildman–Crippen LogP) is 2.87. The molecule has 0 bridgehead atoms. The Balaban J connectivity index is 1.70. The third kappa shape index (κ3) is 4.93. The minimum Gasteiger partial charge on any atom is -0.469 e. The highest BCUT2D eigenvalue weighted by Gasteiger charge is 2.44. The van der Waals surface area contributed by atoms with Crippen LogP contribution in [0.3, 0.4) is 0 Å². The Kier molecular flexibility index (Phi) is 6.42. The van der Waals surface area contributed by atoms with Crippen molar-refractivity contribution in [1.29, 1.82) is 5.41 Å². The molecule has 0 aromatic heterocycles. The normalized spacial score (nSPS) is 17.4. The fourth-order valence-electron chi connectivity index (χ4n) is 4.06. The SMILES string of the molecule is COC(=O)CC1(c2ccc(-c3ccccc3S(N)(=O)=O)cc2)CC(c2cccc(C(=N)N)c2)=NO1. The standard InChI is InChI=1S/C25H24N4O5S/c1-33-23(30)15-25(14-21(29-34-25)17-5-4-6-18(13-17)24(26)27)19-11-9-16(10-12-19)20-7-2-3-8-22(20)35(28,31)32/h2-13H,14-15H2,1H3,(H3,26,27)(H2,28,31,32). The molecule has 1 heterocycles. The van der Waals surface area contributed by atoms with Gasteiger partial charge in [0, 0.05) is 23.1 Å². The molecule has 3 aromatic carbocycles. The van der Waals surface area contributed by atoms with Crippen LogP contribution in [0, 0.1) is 5.41 Å². The lowest BCUT2D eigenvalue weighted by Crippen LogP contribution is -2.30. The highest BCUT2D eigenvalue weighted by Crippen LogP contribution is 2.41. The van der Waals surface area contributed by atoms with Gasteiger partial charge in [0.15, 0.2) is 5.60 Å². The van der Waals surface area contributed by atoms with Crippen molar-refractivity contribution < 1.29 is 22.8 Å². The van der Waals surface area contributed by atoms with E-state index in [0.717, 1.165) is 5.56 Å². The number of sulfonamides is 1. The summed E-state index contributed by atoms with van der Waals surface area (Å²) in [5.41, 5.74) is 8.14. The van der Waals surface area contributed by atoms with Crippen LogP contribution in [0.1, 0.15) is 29.5 Å². The van der Waals surface area contributed by atoms with Gasteiger partial charge in [-0.05, 0) is 23.3 Å². The van der Waals surface area contributed by atoms with Crippen LogP contribution in [0.25, 0.3) is 11.1 Å². The molecule has 1 aliphatic heterocycles. The number of nitrogens with zero attached hydrogens (tertiary/aromatic N) is 1. The summed E-state index contributed by atoms with van der Waals surface area (Å²) in [6.07, 6.45) is 0.187. The van der Waals surface area contributed by atoms with E-state index >= 15 is 0 Å². The Morgan fingerprint density at radius 3 is 2.46 bits per heavy atom. The lowest BCUT2D eigenvalue weighted by Gasteiger charge is -2.26. The molecular weight excluding hydrogens is 468 g/mol. The molecule has 0 saturated heterocycles. The van der Waals surface area contributed by atoms with Gasteiger partial charge in [-0.1, -0.05) is 65.8 Å². The van der Waals surface area contributed by atoms with Gasteiger partial charge in [0.25, 0.3) is 0 Å². The summed E-state index contributed by atoms with van der Waals surface area (Å²) in [6.45, 7) is 0. The average Bonchev–Trinajstić information content (AvgIpc) is 3.28. The zero-order valence-corrected chi connectivity index (χ0v) is 19.7. The molecule has 0 fully saturated rings. The number of nitrogens with two attached hydrogens (primary N) is 2. The van der Waals surface area contributed by atoms with Crippen LogP contribution in [0.5, 0.6) is 0 Å². The molecule has 9 nitrogen and oxygen atoms in total. The van der Waals surface area contributed by atoms with Gasteiger partial charge < -0.3 is 15.3 Å². The summed E-state index contributed by atoms with van der Waals surface area (Å²) < 4.78 is 28.9. The first kappa shape index (κ1) is 24.1. The second kappa shape index (κ2) is 9.32. The van der Waals surface area contributed by atoms with Crippen molar-refractivity contribution in [1.82, 2.24) is 0 Å². The van der Waals surface area contributed by atoms with Crippen molar-refractivity contribution in [3.8, 4) is 11.1 Å². The molecule has 1 unspecified atom stereocenters. The van der Waals surface area contributed by atoms with Gasteiger partial charge in [-0.3, -0.25) is 10.2 Å².